The Hall–Kier alpha value is -5.00. The molecule has 162 valence electrons. The van der Waals surface area contributed by atoms with Crippen molar-refractivity contribution >= 4 is 46.2 Å². The second-order valence-electron chi connectivity index (χ2n) is 6.34. The summed E-state index contributed by atoms with van der Waals surface area (Å²) < 4.78 is 0. The number of nitro benzene ring substituents is 2. The van der Waals surface area contributed by atoms with Gasteiger partial charge in [0.05, 0.1) is 9.85 Å². The monoisotopic (exact) mass is 436 g/mol. The molecule has 0 aromatic heterocycles. The van der Waals surface area contributed by atoms with Gasteiger partial charge in [-0.3, -0.25) is 20.2 Å². The highest BCUT2D eigenvalue weighted by Crippen LogP contribution is 2.18. The lowest BCUT2D eigenvalue weighted by molar-refractivity contribution is -0.385. The molecule has 0 bridgehead atoms. The van der Waals surface area contributed by atoms with Crippen LogP contribution in [0.4, 0.5) is 43.7 Å². The highest BCUT2D eigenvalue weighted by atomic mass is 16.6. The summed E-state index contributed by atoms with van der Waals surface area (Å²) in [4.78, 5) is 44.3. The number of hydrogen-bond donors (Lipinski definition) is 4. The Labute approximate surface area is 180 Å². The van der Waals surface area contributed by atoms with Crippen LogP contribution in [-0.2, 0) is 0 Å². The Morgan fingerprint density at radius 1 is 0.500 bits per heavy atom. The third-order valence-electron chi connectivity index (χ3n) is 4.07. The van der Waals surface area contributed by atoms with E-state index in [2.05, 4.69) is 21.3 Å². The maximum atomic E-state index is 12.1. The summed E-state index contributed by atoms with van der Waals surface area (Å²) in [5.74, 6) is 0. The zero-order chi connectivity index (χ0) is 23.1. The molecule has 0 saturated carbocycles. The molecule has 0 atom stereocenters. The number of carbonyl (C=O) groups is 2. The smallest absolute Gasteiger partial charge is 0.308 e. The van der Waals surface area contributed by atoms with E-state index < -0.39 is 21.9 Å². The van der Waals surface area contributed by atoms with Gasteiger partial charge in [-0.1, -0.05) is 0 Å². The van der Waals surface area contributed by atoms with Crippen molar-refractivity contribution in [2.45, 2.75) is 0 Å². The van der Waals surface area contributed by atoms with Gasteiger partial charge in [0.2, 0.25) is 0 Å². The zero-order valence-electron chi connectivity index (χ0n) is 16.3. The van der Waals surface area contributed by atoms with Gasteiger partial charge in [-0.2, -0.15) is 0 Å². The van der Waals surface area contributed by atoms with Crippen LogP contribution in [0.2, 0.25) is 0 Å². The molecule has 12 heteroatoms. The normalized spacial score (nSPS) is 10.0. The highest BCUT2D eigenvalue weighted by molar-refractivity contribution is 6.01. The quantitative estimate of drug-likeness (QED) is 0.320. The van der Waals surface area contributed by atoms with E-state index in [9.17, 15) is 29.8 Å². The summed E-state index contributed by atoms with van der Waals surface area (Å²) in [5.41, 5.74) is 1.49. The van der Waals surface area contributed by atoms with Crippen molar-refractivity contribution in [2.75, 3.05) is 21.3 Å². The first-order valence-corrected chi connectivity index (χ1v) is 9.05. The second-order valence-corrected chi connectivity index (χ2v) is 6.34. The summed E-state index contributed by atoms with van der Waals surface area (Å²) in [6.45, 7) is 0. The van der Waals surface area contributed by atoms with Crippen molar-refractivity contribution in [3.63, 3.8) is 0 Å². The van der Waals surface area contributed by atoms with E-state index in [1.165, 1.54) is 48.5 Å². The molecule has 0 aliphatic rings. The lowest BCUT2D eigenvalue weighted by Crippen LogP contribution is -2.20. The molecule has 4 amide bonds. The molecule has 3 aromatic carbocycles. The number of non-ortho nitro benzene ring substituents is 2. The molecule has 0 fully saturated rings. The molecule has 0 saturated heterocycles. The Balaban J connectivity index is 1.50. The predicted molar refractivity (Wildman–Crippen MR) is 118 cm³/mol. The van der Waals surface area contributed by atoms with Crippen molar-refractivity contribution in [1.82, 2.24) is 0 Å². The van der Waals surface area contributed by atoms with Gasteiger partial charge in [0, 0.05) is 47.0 Å². The molecule has 32 heavy (non-hydrogen) atoms. The van der Waals surface area contributed by atoms with Crippen molar-refractivity contribution in [2.24, 2.45) is 0 Å². The van der Waals surface area contributed by atoms with Crippen LogP contribution in [0.15, 0.2) is 72.8 Å². The SMILES string of the molecule is O=C(Nc1ccc(NC(=O)Nc2ccc([N+](=O)[O-])cc2)cc1)Nc1ccc([N+](=O)[O-])cc1. The van der Waals surface area contributed by atoms with Gasteiger partial charge in [-0.15, -0.1) is 0 Å². The minimum atomic E-state index is -0.546. The number of nitrogens with zero attached hydrogens (tertiary/aromatic N) is 2. The van der Waals surface area contributed by atoms with Gasteiger partial charge in [-0.25, -0.2) is 9.59 Å². The third-order valence-corrected chi connectivity index (χ3v) is 4.07. The molecular weight excluding hydrogens is 420 g/mol. The number of carbonyl (C=O) groups excluding carboxylic acids is 2. The van der Waals surface area contributed by atoms with Crippen LogP contribution in [-0.4, -0.2) is 21.9 Å². The van der Waals surface area contributed by atoms with Crippen LogP contribution in [0.5, 0.6) is 0 Å². The first kappa shape index (κ1) is 21.7. The van der Waals surface area contributed by atoms with Crippen LogP contribution in [0.3, 0.4) is 0 Å². The van der Waals surface area contributed by atoms with Gasteiger partial charge >= 0.3 is 12.1 Å². The number of anilines is 4. The van der Waals surface area contributed by atoms with E-state index in [4.69, 9.17) is 0 Å². The van der Waals surface area contributed by atoms with E-state index in [-0.39, 0.29) is 11.4 Å². The number of nitro groups is 2. The van der Waals surface area contributed by atoms with Crippen LogP contribution in [0.1, 0.15) is 0 Å². The van der Waals surface area contributed by atoms with Gasteiger partial charge in [0.1, 0.15) is 0 Å². The second kappa shape index (κ2) is 9.67. The molecular formula is C20H16N6O6. The number of rotatable bonds is 6. The van der Waals surface area contributed by atoms with Gasteiger partial charge < -0.3 is 21.3 Å². The third kappa shape index (κ3) is 6.00. The Morgan fingerprint density at radius 2 is 0.719 bits per heavy atom. The average molecular weight is 436 g/mol. The molecule has 0 radical (unpaired) electrons. The number of nitrogens with one attached hydrogen (secondary N) is 4. The standard InChI is InChI=1S/C20H16N6O6/c27-19(23-15-5-9-17(10-6-15)25(29)30)21-13-1-2-14(4-3-13)22-20(28)24-16-7-11-18(12-8-16)26(31)32/h1-12H,(H2,21,23,27)(H2,22,24,28). The average Bonchev–Trinajstić information content (AvgIpc) is 2.76. The minimum Gasteiger partial charge on any atom is -0.308 e. The van der Waals surface area contributed by atoms with E-state index in [0.29, 0.717) is 22.7 Å². The molecule has 4 N–H and O–H groups in total. The van der Waals surface area contributed by atoms with Crippen LogP contribution < -0.4 is 21.3 Å². The van der Waals surface area contributed by atoms with E-state index in [1.54, 1.807) is 24.3 Å². The van der Waals surface area contributed by atoms with E-state index in [0.717, 1.165) is 0 Å². The van der Waals surface area contributed by atoms with E-state index >= 15 is 0 Å². The summed E-state index contributed by atoms with van der Waals surface area (Å²) in [6.07, 6.45) is 0. The highest BCUT2D eigenvalue weighted by Gasteiger charge is 2.08. The number of urea groups is 2. The molecule has 0 aliphatic heterocycles. The number of amides is 4. The Morgan fingerprint density at radius 3 is 0.938 bits per heavy atom. The lowest BCUT2D eigenvalue weighted by Gasteiger charge is -2.10. The van der Waals surface area contributed by atoms with Crippen molar-refractivity contribution < 1.29 is 19.4 Å². The maximum absolute atomic E-state index is 12.1. The summed E-state index contributed by atoms with van der Waals surface area (Å²) in [6, 6.07) is 15.9. The Kier molecular flexibility index (Phi) is 6.56. The number of benzene rings is 3. The fourth-order valence-corrected chi connectivity index (χ4v) is 2.56. The predicted octanol–water partition coefficient (Wildman–Crippen LogP) is 4.79. The molecule has 0 heterocycles. The molecule has 12 nitrogen and oxygen atoms in total. The summed E-state index contributed by atoms with van der Waals surface area (Å²) >= 11 is 0. The van der Waals surface area contributed by atoms with Crippen molar-refractivity contribution in [1.29, 1.82) is 0 Å². The molecule has 0 unspecified atom stereocenters. The molecule has 3 aromatic rings. The summed E-state index contributed by atoms with van der Waals surface area (Å²) in [7, 11) is 0. The van der Waals surface area contributed by atoms with Gasteiger partial charge in [-0.05, 0) is 48.5 Å². The topological polar surface area (TPSA) is 169 Å². The summed E-state index contributed by atoms with van der Waals surface area (Å²) in [5, 5.41) is 31.6. The minimum absolute atomic E-state index is 0.0864. The van der Waals surface area contributed by atoms with Gasteiger partial charge in [0.15, 0.2) is 0 Å². The largest absolute Gasteiger partial charge is 0.323 e. The van der Waals surface area contributed by atoms with Gasteiger partial charge in [0.25, 0.3) is 11.4 Å². The zero-order valence-corrected chi connectivity index (χ0v) is 16.3. The molecule has 3 rings (SSSR count). The van der Waals surface area contributed by atoms with Crippen LogP contribution in [0.25, 0.3) is 0 Å². The fourth-order valence-electron chi connectivity index (χ4n) is 2.56. The Bertz CT molecular complexity index is 1050. The van der Waals surface area contributed by atoms with Crippen LogP contribution >= 0.6 is 0 Å². The fraction of sp³-hybridized carbons (Fsp3) is 0. The lowest BCUT2D eigenvalue weighted by atomic mass is 10.2. The van der Waals surface area contributed by atoms with Crippen LogP contribution in [0, 0.1) is 20.2 Å². The molecule has 0 spiro atoms. The first-order valence-electron chi connectivity index (χ1n) is 9.05. The van der Waals surface area contributed by atoms with Crippen molar-refractivity contribution in [3.8, 4) is 0 Å². The maximum Gasteiger partial charge on any atom is 0.323 e. The molecule has 0 aliphatic carbocycles. The number of hydrogen-bond acceptors (Lipinski definition) is 6. The van der Waals surface area contributed by atoms with Crippen molar-refractivity contribution in [3.05, 3.63) is 93.0 Å². The first-order chi connectivity index (χ1) is 15.3. The van der Waals surface area contributed by atoms with E-state index in [1.807, 2.05) is 0 Å².